The molecule has 0 fully saturated rings. The van der Waals surface area contributed by atoms with Gasteiger partial charge < -0.3 is 14.2 Å². The predicted molar refractivity (Wildman–Crippen MR) is 145 cm³/mol. The Labute approximate surface area is 221 Å². The van der Waals surface area contributed by atoms with Crippen molar-refractivity contribution in [3.8, 4) is 28.5 Å². The van der Waals surface area contributed by atoms with Crippen LogP contribution < -0.4 is 14.2 Å². The van der Waals surface area contributed by atoms with Crippen molar-refractivity contribution in [1.82, 2.24) is 4.98 Å². The highest BCUT2D eigenvalue weighted by molar-refractivity contribution is 7.98. The summed E-state index contributed by atoms with van der Waals surface area (Å²) in [5.41, 5.74) is 7.83. The fourth-order valence-electron chi connectivity index (χ4n) is 5.07. The molecule has 0 radical (unpaired) electrons. The van der Waals surface area contributed by atoms with Crippen LogP contribution in [0, 0.1) is 13.8 Å². The van der Waals surface area contributed by atoms with E-state index >= 15 is 0 Å². The maximum Gasteiger partial charge on any atom is 0.217 e. The van der Waals surface area contributed by atoms with Crippen LogP contribution in [0.4, 0.5) is 0 Å². The molecule has 2 aliphatic rings. The van der Waals surface area contributed by atoms with Gasteiger partial charge in [-0.05, 0) is 78.5 Å². The summed E-state index contributed by atoms with van der Waals surface area (Å²) in [6.45, 7) is 5.40. The zero-order chi connectivity index (χ0) is 24.5. The lowest BCUT2D eigenvalue weighted by Crippen LogP contribution is -2.05. The minimum absolute atomic E-state index is 0.0532. The Hall–Kier alpha value is -2.08. The van der Waals surface area contributed by atoms with Crippen molar-refractivity contribution >= 4 is 35.0 Å². The van der Waals surface area contributed by atoms with E-state index in [0.29, 0.717) is 34.9 Å². The van der Waals surface area contributed by atoms with Crippen LogP contribution in [0.3, 0.4) is 0 Å². The second-order valence-corrected chi connectivity index (χ2v) is 10.8. The van der Waals surface area contributed by atoms with E-state index in [9.17, 15) is 0 Å². The van der Waals surface area contributed by atoms with Gasteiger partial charge in [-0.1, -0.05) is 41.4 Å². The molecule has 184 valence electrons. The van der Waals surface area contributed by atoms with E-state index in [1.165, 1.54) is 11.1 Å². The molecule has 0 bridgehead atoms. The molecule has 5 rings (SSSR count). The summed E-state index contributed by atoms with van der Waals surface area (Å²) in [4.78, 5) is 4.51. The standard InChI is InChI=1S/C28H29Cl2NO3S/c1-16-25(17(2)27(30)28(26(16)29)33-11-5-13-35-3)21-7-4-6-20-19(21)8-9-22(20)34-24-14-23-18(15-31-24)10-12-32-23/h4,6-7,14-15,22H,5,8-13H2,1-3H3. The first-order valence-electron chi connectivity index (χ1n) is 12.0. The van der Waals surface area contributed by atoms with Crippen LogP contribution in [0.25, 0.3) is 11.1 Å². The molecule has 0 N–H and O–H groups in total. The first-order valence-corrected chi connectivity index (χ1v) is 14.1. The van der Waals surface area contributed by atoms with Gasteiger partial charge in [0.15, 0.2) is 5.75 Å². The lowest BCUT2D eigenvalue weighted by molar-refractivity contribution is 0.198. The largest absolute Gasteiger partial charge is 0.493 e. The zero-order valence-electron chi connectivity index (χ0n) is 20.2. The predicted octanol–water partition coefficient (Wildman–Crippen LogP) is 7.81. The number of pyridine rings is 1. The molecule has 2 heterocycles. The Morgan fingerprint density at radius 1 is 1.14 bits per heavy atom. The van der Waals surface area contributed by atoms with Gasteiger partial charge in [-0.25, -0.2) is 4.98 Å². The van der Waals surface area contributed by atoms with Crippen molar-refractivity contribution < 1.29 is 14.2 Å². The highest BCUT2D eigenvalue weighted by Crippen LogP contribution is 2.48. The molecular formula is C28H29Cl2NO3S. The SMILES string of the molecule is CSCCCOc1c(Cl)c(C)c(-c2cccc3c2CCC3Oc2cc3c(cn2)CCO3)c(C)c1Cl. The first-order chi connectivity index (χ1) is 17.0. The molecule has 1 atom stereocenters. The topological polar surface area (TPSA) is 40.6 Å². The summed E-state index contributed by atoms with van der Waals surface area (Å²) in [6, 6.07) is 8.31. The van der Waals surface area contributed by atoms with Gasteiger partial charge in [-0.15, -0.1) is 0 Å². The molecule has 4 nitrogen and oxygen atoms in total. The number of thioether (sulfide) groups is 1. The Morgan fingerprint density at radius 2 is 1.94 bits per heavy atom. The Kier molecular flexibility index (Phi) is 7.38. The summed E-state index contributed by atoms with van der Waals surface area (Å²) < 4.78 is 18.0. The quantitative estimate of drug-likeness (QED) is 0.278. The minimum atomic E-state index is -0.0532. The van der Waals surface area contributed by atoms with Crippen LogP contribution in [0.1, 0.15) is 46.8 Å². The summed E-state index contributed by atoms with van der Waals surface area (Å²) in [6.07, 6.45) is 7.57. The number of fused-ring (bicyclic) bond motifs is 2. The van der Waals surface area contributed by atoms with Gasteiger partial charge >= 0.3 is 0 Å². The molecule has 1 unspecified atom stereocenters. The normalized spacial score (nSPS) is 16.1. The van der Waals surface area contributed by atoms with E-state index in [2.05, 4.69) is 29.4 Å². The van der Waals surface area contributed by atoms with E-state index in [1.807, 2.05) is 26.1 Å². The van der Waals surface area contributed by atoms with Crippen molar-refractivity contribution in [2.45, 2.75) is 45.6 Å². The summed E-state index contributed by atoms with van der Waals surface area (Å²) in [5, 5.41) is 1.18. The van der Waals surface area contributed by atoms with Gasteiger partial charge in [0.2, 0.25) is 5.88 Å². The maximum absolute atomic E-state index is 6.81. The summed E-state index contributed by atoms with van der Waals surface area (Å²) in [5.74, 6) is 3.12. The molecule has 3 aromatic rings. The number of aromatic nitrogens is 1. The van der Waals surface area contributed by atoms with E-state index in [-0.39, 0.29) is 6.10 Å². The van der Waals surface area contributed by atoms with Crippen LogP contribution in [0.5, 0.6) is 17.4 Å². The number of benzene rings is 2. The van der Waals surface area contributed by atoms with Crippen molar-refractivity contribution in [3.63, 3.8) is 0 Å². The molecule has 35 heavy (non-hydrogen) atoms. The van der Waals surface area contributed by atoms with E-state index < -0.39 is 0 Å². The lowest BCUT2D eigenvalue weighted by atomic mass is 9.90. The van der Waals surface area contributed by atoms with Crippen LogP contribution in [0.15, 0.2) is 30.5 Å². The number of halogens is 2. The molecule has 0 saturated carbocycles. The molecular weight excluding hydrogens is 501 g/mol. The molecule has 7 heteroatoms. The van der Waals surface area contributed by atoms with Crippen molar-refractivity contribution in [3.05, 3.63) is 68.3 Å². The van der Waals surface area contributed by atoms with Crippen molar-refractivity contribution in [2.24, 2.45) is 0 Å². The number of hydrogen-bond acceptors (Lipinski definition) is 5. The van der Waals surface area contributed by atoms with E-state index in [0.717, 1.165) is 65.0 Å². The Balaban J connectivity index is 1.46. The third-order valence-corrected chi connectivity index (χ3v) is 8.45. The Bertz CT molecular complexity index is 1230. The fourth-order valence-corrected chi connectivity index (χ4v) is 6.01. The minimum Gasteiger partial charge on any atom is -0.493 e. The molecule has 0 spiro atoms. The van der Waals surface area contributed by atoms with Gasteiger partial charge in [-0.3, -0.25) is 0 Å². The fraction of sp³-hybridized carbons (Fsp3) is 0.393. The summed E-state index contributed by atoms with van der Waals surface area (Å²) >= 11 is 15.4. The van der Waals surface area contributed by atoms with Crippen LogP contribution in [-0.4, -0.2) is 30.2 Å². The average molecular weight is 531 g/mol. The van der Waals surface area contributed by atoms with Crippen LogP contribution in [0.2, 0.25) is 10.0 Å². The van der Waals surface area contributed by atoms with Crippen LogP contribution in [-0.2, 0) is 12.8 Å². The van der Waals surface area contributed by atoms with Gasteiger partial charge in [-0.2, -0.15) is 11.8 Å². The number of rotatable bonds is 8. The first kappa shape index (κ1) is 24.6. The average Bonchev–Trinajstić information content (AvgIpc) is 3.50. The van der Waals surface area contributed by atoms with Crippen molar-refractivity contribution in [2.75, 3.05) is 25.2 Å². The second kappa shape index (κ2) is 10.5. The van der Waals surface area contributed by atoms with Gasteiger partial charge in [0.25, 0.3) is 0 Å². The maximum atomic E-state index is 6.81. The van der Waals surface area contributed by atoms with Crippen LogP contribution >= 0.6 is 35.0 Å². The molecule has 1 aliphatic heterocycles. The number of nitrogens with zero attached hydrogens (tertiary/aromatic N) is 1. The smallest absolute Gasteiger partial charge is 0.217 e. The molecule has 0 amide bonds. The number of hydrogen-bond donors (Lipinski definition) is 0. The van der Waals surface area contributed by atoms with Gasteiger partial charge in [0, 0.05) is 24.2 Å². The molecule has 0 saturated heterocycles. The highest BCUT2D eigenvalue weighted by Gasteiger charge is 2.29. The Morgan fingerprint density at radius 3 is 2.71 bits per heavy atom. The van der Waals surface area contributed by atoms with E-state index in [1.54, 1.807) is 11.8 Å². The number of ether oxygens (including phenoxy) is 3. The zero-order valence-corrected chi connectivity index (χ0v) is 22.6. The highest BCUT2D eigenvalue weighted by atomic mass is 35.5. The van der Waals surface area contributed by atoms with Gasteiger partial charge in [0.05, 0.1) is 23.3 Å². The molecule has 1 aromatic heterocycles. The third kappa shape index (κ3) is 4.71. The monoisotopic (exact) mass is 529 g/mol. The van der Waals surface area contributed by atoms with Crippen molar-refractivity contribution in [1.29, 1.82) is 0 Å². The van der Waals surface area contributed by atoms with E-state index in [4.69, 9.17) is 37.4 Å². The molecule has 1 aliphatic carbocycles. The summed E-state index contributed by atoms with van der Waals surface area (Å²) in [7, 11) is 0. The third-order valence-electron chi connectivity index (χ3n) is 6.84. The lowest BCUT2D eigenvalue weighted by Gasteiger charge is -2.21. The van der Waals surface area contributed by atoms with Gasteiger partial charge in [0.1, 0.15) is 11.9 Å². The molecule has 2 aromatic carbocycles. The second-order valence-electron chi connectivity index (χ2n) is 9.02.